The van der Waals surface area contributed by atoms with Crippen molar-refractivity contribution < 1.29 is 14.3 Å². The molecule has 2 amide bonds. The number of carbonyl (C=O) groups is 2. The number of ether oxygens (including phenoxy) is 1. The molecule has 4 rings (SSSR count). The Labute approximate surface area is 157 Å². The monoisotopic (exact) mass is 370 g/mol. The average molecular weight is 370 g/mol. The first kappa shape index (κ1) is 17.1. The highest BCUT2D eigenvalue weighted by atomic mass is 32.1. The zero-order valence-corrected chi connectivity index (χ0v) is 15.5. The van der Waals surface area contributed by atoms with Crippen molar-refractivity contribution in [1.29, 1.82) is 0 Å². The Kier molecular flexibility index (Phi) is 4.68. The lowest BCUT2D eigenvalue weighted by atomic mass is 10.0. The zero-order valence-electron chi connectivity index (χ0n) is 14.7. The van der Waals surface area contributed by atoms with Crippen molar-refractivity contribution in [2.45, 2.75) is 31.8 Å². The molecule has 1 aliphatic heterocycles. The van der Waals surface area contributed by atoms with E-state index in [1.54, 1.807) is 0 Å². The molecule has 6 heteroatoms. The van der Waals surface area contributed by atoms with Gasteiger partial charge in [0.2, 0.25) is 0 Å². The highest BCUT2D eigenvalue weighted by molar-refractivity contribution is 7.12. The fourth-order valence-corrected chi connectivity index (χ4v) is 4.71. The van der Waals surface area contributed by atoms with E-state index in [4.69, 9.17) is 4.74 Å². The number of nitrogens with one attached hydrogen (secondary N) is 1. The minimum Gasteiger partial charge on any atom is -0.494 e. The second-order valence-electron chi connectivity index (χ2n) is 6.88. The first-order valence-electron chi connectivity index (χ1n) is 9.04. The van der Waals surface area contributed by atoms with Gasteiger partial charge in [0.25, 0.3) is 11.8 Å². The molecule has 2 fully saturated rings. The van der Waals surface area contributed by atoms with Gasteiger partial charge >= 0.3 is 0 Å². The predicted molar refractivity (Wildman–Crippen MR) is 101 cm³/mol. The number of nitrogens with zero attached hydrogens (tertiary/aromatic N) is 1. The van der Waals surface area contributed by atoms with Crippen LogP contribution in [0.25, 0.3) is 0 Å². The van der Waals surface area contributed by atoms with Gasteiger partial charge in [-0.25, -0.2) is 0 Å². The zero-order chi connectivity index (χ0) is 18.1. The van der Waals surface area contributed by atoms with Gasteiger partial charge < -0.3 is 15.0 Å². The van der Waals surface area contributed by atoms with Gasteiger partial charge in [-0.15, -0.1) is 11.3 Å². The van der Waals surface area contributed by atoms with Crippen LogP contribution in [-0.4, -0.2) is 41.9 Å². The molecule has 1 saturated carbocycles. The van der Waals surface area contributed by atoms with Crippen LogP contribution in [0.3, 0.4) is 0 Å². The van der Waals surface area contributed by atoms with Crippen molar-refractivity contribution in [3.8, 4) is 5.75 Å². The topological polar surface area (TPSA) is 58.6 Å². The number of piperidine rings is 1. The fraction of sp³-hybridized carbons (Fsp3) is 0.400. The Morgan fingerprint density at radius 2 is 2.04 bits per heavy atom. The number of carbonyl (C=O) groups excluding carboxylic acids is 2. The van der Waals surface area contributed by atoms with Gasteiger partial charge in [-0.1, -0.05) is 6.07 Å². The van der Waals surface area contributed by atoms with Crippen LogP contribution in [0.1, 0.15) is 39.8 Å². The molecular formula is C20H22N2O3S. The van der Waals surface area contributed by atoms with Gasteiger partial charge in [-0.3, -0.25) is 9.59 Å². The first-order chi connectivity index (χ1) is 12.7. The minimum absolute atomic E-state index is 0.0361. The first-order valence-corrected chi connectivity index (χ1v) is 9.92. The Morgan fingerprint density at radius 1 is 1.23 bits per heavy atom. The van der Waals surface area contributed by atoms with E-state index >= 15 is 0 Å². The van der Waals surface area contributed by atoms with Crippen molar-refractivity contribution in [2.24, 2.45) is 5.92 Å². The molecule has 1 aliphatic carbocycles. The molecule has 1 aromatic carbocycles. The summed E-state index contributed by atoms with van der Waals surface area (Å²) in [5, 5.41) is 5.03. The summed E-state index contributed by atoms with van der Waals surface area (Å²) in [6, 6.07) is 11.1. The van der Waals surface area contributed by atoms with Gasteiger partial charge in [0.1, 0.15) is 5.75 Å². The molecule has 3 atom stereocenters. The molecule has 2 bridgehead atoms. The van der Waals surface area contributed by atoms with Crippen molar-refractivity contribution >= 4 is 23.2 Å². The quantitative estimate of drug-likeness (QED) is 0.879. The smallest absolute Gasteiger partial charge is 0.261 e. The van der Waals surface area contributed by atoms with Gasteiger partial charge in [0.05, 0.1) is 17.5 Å². The number of benzene rings is 1. The molecular weight excluding hydrogens is 348 g/mol. The van der Waals surface area contributed by atoms with Crippen LogP contribution in [-0.2, 0) is 0 Å². The second kappa shape index (κ2) is 7.11. The molecule has 26 heavy (non-hydrogen) atoms. The number of thiophene rings is 1. The summed E-state index contributed by atoms with van der Waals surface area (Å²) in [7, 11) is 0. The fourth-order valence-electron chi connectivity index (χ4n) is 4.09. The summed E-state index contributed by atoms with van der Waals surface area (Å²) in [5.74, 6) is 1.25. The summed E-state index contributed by atoms with van der Waals surface area (Å²) >= 11 is 1.44. The van der Waals surface area contributed by atoms with Gasteiger partial charge in [-0.05, 0) is 61.4 Å². The molecule has 0 radical (unpaired) electrons. The lowest BCUT2D eigenvalue weighted by Crippen LogP contribution is -2.51. The summed E-state index contributed by atoms with van der Waals surface area (Å²) in [6.07, 6.45) is 1.92. The molecule has 0 spiro atoms. The number of rotatable bonds is 5. The number of likely N-dealkylation sites (tertiary alicyclic amines) is 1. The largest absolute Gasteiger partial charge is 0.494 e. The van der Waals surface area contributed by atoms with E-state index in [0.29, 0.717) is 18.1 Å². The predicted octanol–water partition coefficient (Wildman–Crippen LogP) is 3.18. The third-order valence-corrected chi connectivity index (χ3v) is 6.09. The number of fused-ring (bicyclic) bond motifs is 2. The van der Waals surface area contributed by atoms with E-state index in [0.717, 1.165) is 30.0 Å². The molecule has 2 aromatic rings. The third-order valence-electron chi connectivity index (χ3n) is 5.22. The lowest BCUT2D eigenvalue weighted by Gasteiger charge is -2.33. The summed E-state index contributed by atoms with van der Waals surface area (Å²) in [6.45, 7) is 3.32. The van der Waals surface area contributed by atoms with Crippen LogP contribution in [0.4, 0.5) is 0 Å². The maximum absolute atomic E-state index is 12.9. The van der Waals surface area contributed by atoms with Crippen LogP contribution >= 0.6 is 11.3 Å². The molecule has 1 saturated heterocycles. The molecule has 1 N–H and O–H groups in total. The summed E-state index contributed by atoms with van der Waals surface area (Å²) in [4.78, 5) is 28.0. The van der Waals surface area contributed by atoms with E-state index < -0.39 is 0 Å². The number of hydrogen-bond acceptors (Lipinski definition) is 4. The maximum atomic E-state index is 12.9. The van der Waals surface area contributed by atoms with E-state index in [-0.39, 0.29) is 23.9 Å². The average Bonchev–Trinajstić information content (AvgIpc) is 3.39. The molecule has 0 unspecified atom stereocenters. The number of amides is 2. The highest BCUT2D eigenvalue weighted by Crippen LogP contribution is 2.38. The van der Waals surface area contributed by atoms with Crippen molar-refractivity contribution in [3.05, 3.63) is 52.2 Å². The van der Waals surface area contributed by atoms with E-state index in [1.165, 1.54) is 11.3 Å². The van der Waals surface area contributed by atoms with Crippen LogP contribution in [0, 0.1) is 5.92 Å². The Hall–Kier alpha value is -2.34. The summed E-state index contributed by atoms with van der Waals surface area (Å²) in [5.41, 5.74) is 0.671. The van der Waals surface area contributed by atoms with Crippen LogP contribution < -0.4 is 10.1 Å². The molecule has 2 heterocycles. The SMILES string of the molecule is CCOc1ccc(C(=O)N2C[C@@H]3C[C@H](NC(=O)c4cccs4)[C@H]2C3)cc1. The molecule has 2 aliphatic rings. The van der Waals surface area contributed by atoms with Gasteiger partial charge in [-0.2, -0.15) is 0 Å². The Balaban J connectivity index is 1.44. The number of hydrogen-bond donors (Lipinski definition) is 1. The van der Waals surface area contributed by atoms with E-state index in [9.17, 15) is 9.59 Å². The lowest BCUT2D eigenvalue weighted by molar-refractivity contribution is 0.0649. The van der Waals surface area contributed by atoms with Crippen LogP contribution in [0.15, 0.2) is 41.8 Å². The van der Waals surface area contributed by atoms with Crippen LogP contribution in [0.5, 0.6) is 5.75 Å². The minimum atomic E-state index is -0.0361. The standard InChI is InChI=1S/C20H22N2O3S/c1-2-25-15-7-5-14(6-8-15)20(24)22-12-13-10-16(17(22)11-13)21-19(23)18-4-3-9-26-18/h3-9,13,16-17H,2,10-12H2,1H3,(H,21,23)/t13-,16+,17-/m1/s1. The molecule has 136 valence electrons. The maximum Gasteiger partial charge on any atom is 0.261 e. The Bertz CT molecular complexity index is 788. The molecule has 5 nitrogen and oxygen atoms in total. The Morgan fingerprint density at radius 3 is 2.69 bits per heavy atom. The van der Waals surface area contributed by atoms with E-state index in [2.05, 4.69) is 5.32 Å². The van der Waals surface area contributed by atoms with Gasteiger partial charge in [0.15, 0.2) is 0 Å². The normalized spacial score (nSPS) is 23.9. The molecule has 1 aromatic heterocycles. The summed E-state index contributed by atoms with van der Waals surface area (Å²) < 4.78 is 5.44. The third kappa shape index (κ3) is 3.21. The van der Waals surface area contributed by atoms with Crippen molar-refractivity contribution in [2.75, 3.05) is 13.2 Å². The van der Waals surface area contributed by atoms with Crippen molar-refractivity contribution in [1.82, 2.24) is 10.2 Å². The van der Waals surface area contributed by atoms with E-state index in [1.807, 2.05) is 53.6 Å². The highest BCUT2D eigenvalue weighted by Gasteiger charge is 2.47. The second-order valence-corrected chi connectivity index (χ2v) is 7.82. The van der Waals surface area contributed by atoms with Crippen LogP contribution in [0.2, 0.25) is 0 Å². The van der Waals surface area contributed by atoms with Crippen molar-refractivity contribution in [3.63, 3.8) is 0 Å². The van der Waals surface area contributed by atoms with Gasteiger partial charge in [0, 0.05) is 18.2 Å².